The number of ether oxygens (including phenoxy) is 1. The fraction of sp³-hybridized carbons (Fsp3) is 0.500. The van der Waals surface area contributed by atoms with Crippen molar-refractivity contribution in [3.63, 3.8) is 0 Å². The van der Waals surface area contributed by atoms with Gasteiger partial charge in [0, 0.05) is 50.1 Å². The lowest BCUT2D eigenvalue weighted by Gasteiger charge is -2.45. The highest BCUT2D eigenvalue weighted by Gasteiger charge is 2.36. The normalized spacial score (nSPS) is 20.8. The lowest BCUT2D eigenvalue weighted by molar-refractivity contribution is 0.0130. The van der Waals surface area contributed by atoms with Crippen LogP contribution in [0.4, 0.5) is 20.7 Å². The number of rotatable bonds is 3. The topological polar surface area (TPSA) is 66.7 Å². The summed E-state index contributed by atoms with van der Waals surface area (Å²) in [5, 5.41) is 0.959. The predicted molar refractivity (Wildman–Crippen MR) is 135 cm³/mol. The highest BCUT2D eigenvalue weighted by molar-refractivity contribution is 6.01. The number of piperazine rings is 1. The van der Waals surface area contributed by atoms with E-state index >= 15 is 0 Å². The third-order valence-electron chi connectivity index (χ3n) is 6.71. The van der Waals surface area contributed by atoms with Gasteiger partial charge in [0.2, 0.25) is 0 Å². The molecule has 0 radical (unpaired) electrons. The molecule has 0 saturated carbocycles. The Morgan fingerprint density at radius 2 is 1.89 bits per heavy atom. The van der Waals surface area contributed by atoms with Gasteiger partial charge in [-0.1, -0.05) is 6.07 Å². The van der Waals surface area contributed by atoms with Gasteiger partial charge in [0.15, 0.2) is 5.65 Å². The molecule has 2 atom stereocenters. The molecular weight excluding hydrogens is 447 g/mol. The molecule has 2 fully saturated rings. The van der Waals surface area contributed by atoms with Crippen LogP contribution in [0.1, 0.15) is 41.0 Å². The van der Waals surface area contributed by atoms with E-state index in [0.717, 1.165) is 47.7 Å². The number of amides is 1. The minimum atomic E-state index is -0.540. The number of nitrogens with zero attached hydrogens (tertiary/aromatic N) is 6. The number of carbonyl (C=O) groups is 1. The Morgan fingerprint density at radius 1 is 1.11 bits per heavy atom. The van der Waals surface area contributed by atoms with Crippen molar-refractivity contribution in [3.8, 4) is 5.69 Å². The summed E-state index contributed by atoms with van der Waals surface area (Å²) in [6.45, 7) is 12.9. The molecule has 186 valence electrons. The first-order valence-electron chi connectivity index (χ1n) is 12.3. The second-order valence-electron chi connectivity index (χ2n) is 10.6. The number of anilines is 2. The summed E-state index contributed by atoms with van der Waals surface area (Å²) in [6, 6.07) is 6.53. The minimum absolute atomic E-state index is 0.0265. The van der Waals surface area contributed by atoms with Gasteiger partial charge in [0.05, 0.1) is 11.1 Å². The molecule has 2 aliphatic heterocycles. The minimum Gasteiger partial charge on any atom is -0.444 e. The van der Waals surface area contributed by atoms with Crippen LogP contribution >= 0.6 is 0 Å². The molecule has 1 aromatic carbocycles. The average molecular weight is 481 g/mol. The van der Waals surface area contributed by atoms with Gasteiger partial charge in [-0.05, 0) is 59.2 Å². The molecule has 8 nitrogen and oxygen atoms in total. The maximum Gasteiger partial charge on any atom is 0.410 e. The van der Waals surface area contributed by atoms with Gasteiger partial charge in [-0.25, -0.2) is 19.2 Å². The summed E-state index contributed by atoms with van der Waals surface area (Å²) >= 11 is 0. The van der Waals surface area contributed by atoms with E-state index in [1.54, 1.807) is 17.3 Å². The predicted octanol–water partition coefficient (Wildman–Crippen LogP) is 4.60. The summed E-state index contributed by atoms with van der Waals surface area (Å²) in [5.41, 5.74) is 1.99. The van der Waals surface area contributed by atoms with E-state index in [2.05, 4.69) is 21.7 Å². The van der Waals surface area contributed by atoms with Crippen LogP contribution in [0, 0.1) is 5.82 Å². The lowest BCUT2D eigenvalue weighted by Crippen LogP contribution is -2.59. The van der Waals surface area contributed by atoms with Gasteiger partial charge in [-0.3, -0.25) is 4.57 Å². The molecule has 2 saturated heterocycles. The Kier molecular flexibility index (Phi) is 5.81. The maximum absolute atomic E-state index is 14.1. The first kappa shape index (κ1) is 23.4. The number of fused-ring (bicyclic) bond motifs is 1. The quantitative estimate of drug-likeness (QED) is 0.546. The zero-order valence-corrected chi connectivity index (χ0v) is 21.0. The molecule has 3 aromatic rings. The van der Waals surface area contributed by atoms with E-state index in [-0.39, 0.29) is 24.0 Å². The standard InChI is InChI=1S/C26H33FN6O2/c1-17-14-32(25(34)35-26(3,4)5)18(2)13-31(17)23-22-21(30-10-7-11-30)15-33(24(22)29-16-28-23)20-9-6-8-19(27)12-20/h6,8-9,12,15-18H,7,10-11,13-14H2,1-5H3/t17?,18-/m0/s1. The number of hydrogen-bond donors (Lipinski definition) is 0. The Balaban J connectivity index is 1.54. The van der Waals surface area contributed by atoms with Crippen molar-refractivity contribution in [2.45, 2.75) is 58.7 Å². The molecule has 0 aliphatic carbocycles. The van der Waals surface area contributed by atoms with Crippen LogP contribution in [0.3, 0.4) is 0 Å². The smallest absolute Gasteiger partial charge is 0.410 e. The largest absolute Gasteiger partial charge is 0.444 e. The fourth-order valence-corrected chi connectivity index (χ4v) is 4.86. The summed E-state index contributed by atoms with van der Waals surface area (Å²) in [4.78, 5) is 28.6. The second kappa shape index (κ2) is 8.70. The summed E-state index contributed by atoms with van der Waals surface area (Å²) in [7, 11) is 0. The highest BCUT2D eigenvalue weighted by Crippen LogP contribution is 2.39. The summed E-state index contributed by atoms with van der Waals surface area (Å²) in [5.74, 6) is 0.556. The van der Waals surface area contributed by atoms with E-state index < -0.39 is 5.60 Å². The molecule has 5 rings (SSSR count). The summed E-state index contributed by atoms with van der Waals surface area (Å²) in [6.07, 6.45) is 4.47. The molecule has 2 aliphatic rings. The van der Waals surface area contributed by atoms with Gasteiger partial charge in [0.1, 0.15) is 23.6 Å². The van der Waals surface area contributed by atoms with E-state index in [1.807, 2.05) is 44.5 Å². The number of hydrogen-bond acceptors (Lipinski definition) is 6. The molecule has 1 unspecified atom stereocenters. The number of halogens is 1. The van der Waals surface area contributed by atoms with E-state index in [4.69, 9.17) is 9.72 Å². The Labute approximate surface area is 205 Å². The zero-order valence-electron chi connectivity index (χ0n) is 21.0. The van der Waals surface area contributed by atoms with Gasteiger partial charge in [-0.2, -0.15) is 0 Å². The van der Waals surface area contributed by atoms with E-state index in [0.29, 0.717) is 13.1 Å². The van der Waals surface area contributed by atoms with Gasteiger partial charge >= 0.3 is 6.09 Å². The third-order valence-corrected chi connectivity index (χ3v) is 6.71. The fourth-order valence-electron chi connectivity index (χ4n) is 4.86. The SMILES string of the molecule is CC1CN(C(=O)OC(C)(C)C)[C@@H](C)CN1c1ncnc2c1c(N1CCC1)cn2-c1cccc(F)c1. The molecule has 4 heterocycles. The highest BCUT2D eigenvalue weighted by atomic mass is 19.1. The average Bonchev–Trinajstić information content (AvgIpc) is 3.12. The van der Waals surface area contributed by atoms with Crippen molar-refractivity contribution < 1.29 is 13.9 Å². The van der Waals surface area contributed by atoms with Crippen LogP contribution in [0.15, 0.2) is 36.8 Å². The molecule has 2 aromatic heterocycles. The van der Waals surface area contributed by atoms with Crippen LogP contribution in [0.25, 0.3) is 16.7 Å². The molecule has 35 heavy (non-hydrogen) atoms. The molecule has 0 spiro atoms. The van der Waals surface area contributed by atoms with Crippen LogP contribution in [0.5, 0.6) is 0 Å². The molecule has 0 N–H and O–H groups in total. The number of benzene rings is 1. The molecule has 9 heteroatoms. The van der Waals surface area contributed by atoms with Crippen LogP contribution in [-0.4, -0.2) is 69.4 Å². The maximum atomic E-state index is 14.1. The van der Waals surface area contributed by atoms with Crippen molar-refractivity contribution in [1.29, 1.82) is 0 Å². The van der Waals surface area contributed by atoms with Crippen molar-refractivity contribution >= 4 is 28.6 Å². The van der Waals surface area contributed by atoms with Gasteiger partial charge in [-0.15, -0.1) is 0 Å². The van der Waals surface area contributed by atoms with Gasteiger partial charge < -0.3 is 19.4 Å². The van der Waals surface area contributed by atoms with Gasteiger partial charge in [0.25, 0.3) is 0 Å². The van der Waals surface area contributed by atoms with E-state index in [9.17, 15) is 9.18 Å². The first-order chi connectivity index (χ1) is 16.6. The Bertz CT molecular complexity index is 1250. The van der Waals surface area contributed by atoms with Crippen molar-refractivity contribution in [2.24, 2.45) is 0 Å². The number of carbonyl (C=O) groups excluding carboxylic acids is 1. The van der Waals surface area contributed by atoms with Crippen molar-refractivity contribution in [2.75, 3.05) is 36.0 Å². The van der Waals surface area contributed by atoms with Crippen molar-refractivity contribution in [1.82, 2.24) is 19.4 Å². The Morgan fingerprint density at radius 3 is 2.54 bits per heavy atom. The molecule has 0 bridgehead atoms. The second-order valence-corrected chi connectivity index (χ2v) is 10.6. The molecular formula is C26H33FN6O2. The van der Waals surface area contributed by atoms with Crippen LogP contribution in [0.2, 0.25) is 0 Å². The van der Waals surface area contributed by atoms with Crippen LogP contribution < -0.4 is 9.80 Å². The molecule has 1 amide bonds. The van der Waals surface area contributed by atoms with E-state index in [1.165, 1.54) is 12.1 Å². The lowest BCUT2D eigenvalue weighted by atomic mass is 10.1. The van der Waals surface area contributed by atoms with Crippen molar-refractivity contribution in [3.05, 3.63) is 42.6 Å². The number of aromatic nitrogens is 3. The zero-order chi connectivity index (χ0) is 24.9. The first-order valence-corrected chi connectivity index (χ1v) is 12.3. The summed E-state index contributed by atoms with van der Waals surface area (Å²) < 4.78 is 21.6. The van der Waals surface area contributed by atoms with Crippen LogP contribution in [-0.2, 0) is 4.74 Å². The monoisotopic (exact) mass is 480 g/mol. The Hall–Kier alpha value is -3.36. The third kappa shape index (κ3) is 4.39.